The first-order valence-corrected chi connectivity index (χ1v) is 12.8. The van der Waals surface area contributed by atoms with E-state index in [9.17, 15) is 26.0 Å². The molecule has 0 fully saturated rings. The summed E-state index contributed by atoms with van der Waals surface area (Å²) in [5, 5.41) is 9.71. The summed E-state index contributed by atoms with van der Waals surface area (Å²) in [5.74, 6) is -1.57. The molecule has 0 spiro atoms. The minimum atomic E-state index is -3.64. The number of carbonyl (C=O) groups excluding carboxylic acids is 1. The molecule has 0 aliphatic carbocycles. The van der Waals surface area contributed by atoms with Crippen molar-refractivity contribution in [3.05, 3.63) is 66.3 Å². The summed E-state index contributed by atoms with van der Waals surface area (Å²) in [7, 11) is -7.16. The molecule has 12 heteroatoms. The zero-order chi connectivity index (χ0) is 23.2. The molecule has 1 aromatic heterocycles. The predicted molar refractivity (Wildman–Crippen MR) is 113 cm³/mol. The molecule has 0 saturated heterocycles. The molecular weight excluding hydrogens is 461 g/mol. The van der Waals surface area contributed by atoms with Crippen molar-refractivity contribution in [3.63, 3.8) is 0 Å². The summed E-state index contributed by atoms with van der Waals surface area (Å²) >= 11 is 0. The Kier molecular flexibility index (Phi) is 7.36. The highest BCUT2D eigenvalue weighted by Crippen LogP contribution is 2.15. The number of aryl methyl sites for hydroxylation is 1. The number of nitrogens with one attached hydrogen (secondary N) is 1. The van der Waals surface area contributed by atoms with Gasteiger partial charge in [0.15, 0.2) is 19.7 Å². The number of anilines is 1. The van der Waals surface area contributed by atoms with Crippen LogP contribution in [0.25, 0.3) is 0 Å². The third kappa shape index (κ3) is 6.44. The van der Waals surface area contributed by atoms with E-state index in [0.29, 0.717) is 0 Å². The third-order valence-electron chi connectivity index (χ3n) is 4.39. The number of amides is 1. The fourth-order valence-corrected chi connectivity index (χ4v) is 5.30. The molecule has 0 bridgehead atoms. The summed E-state index contributed by atoms with van der Waals surface area (Å²) in [6, 6.07) is 12.2. The Morgan fingerprint density at radius 1 is 0.875 bits per heavy atom. The van der Waals surface area contributed by atoms with Crippen LogP contribution < -0.4 is 5.32 Å². The maximum Gasteiger partial charge on any atom is 0.322 e. The van der Waals surface area contributed by atoms with Crippen LogP contribution in [0.3, 0.4) is 0 Å². The lowest BCUT2D eigenvalue weighted by molar-refractivity contribution is -0.116. The maximum absolute atomic E-state index is 12.9. The Balaban J connectivity index is 1.47. The molecule has 0 saturated carbocycles. The summed E-state index contributed by atoms with van der Waals surface area (Å²) in [5.41, 5.74) is 0. The molecule has 0 atom stereocenters. The van der Waals surface area contributed by atoms with Crippen LogP contribution in [-0.4, -0.2) is 44.4 Å². The fraction of sp³-hybridized carbons (Fsp3) is 0.250. The Bertz CT molecular complexity index is 1270. The van der Waals surface area contributed by atoms with E-state index >= 15 is 0 Å². The van der Waals surface area contributed by atoms with Crippen LogP contribution in [0.15, 0.2) is 68.8 Å². The zero-order valence-electron chi connectivity index (χ0n) is 16.8. The molecule has 1 amide bonds. The Hall–Kier alpha value is -3.12. The summed E-state index contributed by atoms with van der Waals surface area (Å²) < 4.78 is 67.1. The van der Waals surface area contributed by atoms with Crippen molar-refractivity contribution in [2.45, 2.75) is 29.1 Å². The van der Waals surface area contributed by atoms with Crippen molar-refractivity contribution in [2.75, 3.05) is 16.8 Å². The topological polar surface area (TPSA) is 136 Å². The second-order valence-electron chi connectivity index (χ2n) is 6.81. The monoisotopic (exact) mass is 481 g/mol. The van der Waals surface area contributed by atoms with Gasteiger partial charge in [-0.05, 0) is 42.8 Å². The van der Waals surface area contributed by atoms with Gasteiger partial charge in [-0.1, -0.05) is 23.3 Å². The molecule has 0 aliphatic heterocycles. The second kappa shape index (κ2) is 10.0. The van der Waals surface area contributed by atoms with Crippen molar-refractivity contribution in [1.29, 1.82) is 0 Å². The van der Waals surface area contributed by atoms with Gasteiger partial charge < -0.3 is 4.42 Å². The van der Waals surface area contributed by atoms with Crippen molar-refractivity contribution < 1.29 is 30.4 Å². The van der Waals surface area contributed by atoms with Crippen molar-refractivity contribution in [3.8, 4) is 0 Å². The van der Waals surface area contributed by atoms with Gasteiger partial charge >= 0.3 is 6.01 Å². The predicted octanol–water partition coefficient (Wildman–Crippen LogP) is 2.42. The quantitative estimate of drug-likeness (QED) is 0.436. The van der Waals surface area contributed by atoms with Crippen LogP contribution in [0.4, 0.5) is 10.4 Å². The molecule has 3 rings (SSSR count). The number of sulfone groups is 2. The van der Waals surface area contributed by atoms with Gasteiger partial charge in [0.1, 0.15) is 5.82 Å². The van der Waals surface area contributed by atoms with Gasteiger partial charge in [-0.15, -0.1) is 5.10 Å². The largest absolute Gasteiger partial charge is 0.408 e. The Morgan fingerprint density at radius 3 is 2.19 bits per heavy atom. The average molecular weight is 482 g/mol. The smallest absolute Gasteiger partial charge is 0.322 e. The van der Waals surface area contributed by atoms with Crippen LogP contribution >= 0.6 is 0 Å². The number of aromatic nitrogens is 2. The lowest BCUT2D eigenvalue weighted by Gasteiger charge is -2.04. The number of hydrogen-bond donors (Lipinski definition) is 1. The van der Waals surface area contributed by atoms with Gasteiger partial charge in [-0.25, -0.2) is 21.2 Å². The first-order valence-electron chi connectivity index (χ1n) is 9.54. The molecule has 2 aromatic carbocycles. The van der Waals surface area contributed by atoms with Gasteiger partial charge in [-0.2, -0.15) is 0 Å². The Morgan fingerprint density at radius 2 is 1.50 bits per heavy atom. The molecule has 3 aromatic rings. The molecule has 32 heavy (non-hydrogen) atoms. The van der Waals surface area contributed by atoms with E-state index in [1.807, 2.05) is 0 Å². The fourth-order valence-electron chi connectivity index (χ4n) is 2.74. The number of benzene rings is 2. The molecule has 0 radical (unpaired) electrons. The number of carbonyl (C=O) groups is 1. The maximum atomic E-state index is 12.9. The second-order valence-corrected chi connectivity index (χ2v) is 11.0. The highest BCUT2D eigenvalue weighted by Gasteiger charge is 2.18. The van der Waals surface area contributed by atoms with E-state index in [1.54, 1.807) is 18.2 Å². The summed E-state index contributed by atoms with van der Waals surface area (Å²) in [4.78, 5) is 12.2. The first kappa shape index (κ1) is 23.5. The van der Waals surface area contributed by atoms with Crippen molar-refractivity contribution in [1.82, 2.24) is 10.2 Å². The highest BCUT2D eigenvalue weighted by atomic mass is 32.2. The lowest BCUT2D eigenvalue weighted by atomic mass is 10.3. The highest BCUT2D eigenvalue weighted by molar-refractivity contribution is 7.91. The van der Waals surface area contributed by atoms with Crippen molar-refractivity contribution in [2.24, 2.45) is 0 Å². The van der Waals surface area contributed by atoms with E-state index < -0.39 is 31.4 Å². The zero-order valence-corrected chi connectivity index (χ0v) is 18.4. The third-order valence-corrected chi connectivity index (χ3v) is 7.94. The number of hydrogen-bond acceptors (Lipinski definition) is 8. The normalized spacial score (nSPS) is 11.9. The van der Waals surface area contributed by atoms with Gasteiger partial charge in [0.05, 0.1) is 21.3 Å². The van der Waals surface area contributed by atoms with E-state index in [2.05, 4.69) is 15.5 Å². The van der Waals surface area contributed by atoms with E-state index in [4.69, 9.17) is 4.42 Å². The molecule has 170 valence electrons. The summed E-state index contributed by atoms with van der Waals surface area (Å²) in [6.07, 6.45) is -0.127. The van der Waals surface area contributed by atoms with E-state index in [1.165, 1.54) is 24.3 Å². The Labute approximate surface area is 184 Å². The average Bonchev–Trinajstić information content (AvgIpc) is 3.20. The van der Waals surface area contributed by atoms with Gasteiger partial charge in [0.2, 0.25) is 11.8 Å². The molecule has 9 nitrogen and oxygen atoms in total. The van der Waals surface area contributed by atoms with Crippen LogP contribution in [0, 0.1) is 5.82 Å². The van der Waals surface area contributed by atoms with E-state index in [-0.39, 0.29) is 52.5 Å². The molecule has 1 heterocycles. The van der Waals surface area contributed by atoms with Gasteiger partial charge in [0.25, 0.3) is 0 Å². The van der Waals surface area contributed by atoms with E-state index in [0.717, 1.165) is 12.1 Å². The molecule has 0 aliphatic rings. The molecule has 1 N–H and O–H groups in total. The number of halogens is 1. The minimum Gasteiger partial charge on any atom is -0.408 e. The van der Waals surface area contributed by atoms with Gasteiger partial charge in [0, 0.05) is 12.8 Å². The molecule has 0 unspecified atom stereocenters. The first-order chi connectivity index (χ1) is 15.2. The van der Waals surface area contributed by atoms with Crippen LogP contribution in [-0.2, 0) is 30.9 Å². The standard InChI is InChI=1S/C20H20FN3O6S2/c21-15-8-10-17(11-9-15)31(26,27)13-4-7-18(25)22-20-24-23-19(30-20)12-14-32(28,29)16-5-2-1-3-6-16/h1-3,5-6,8-11H,4,7,12-14H2,(H,22,24,25). The van der Waals surface area contributed by atoms with Gasteiger partial charge in [-0.3, -0.25) is 10.1 Å². The van der Waals surface area contributed by atoms with Crippen LogP contribution in [0.1, 0.15) is 18.7 Å². The molecular formula is C20H20FN3O6S2. The van der Waals surface area contributed by atoms with Crippen LogP contribution in [0.5, 0.6) is 0 Å². The van der Waals surface area contributed by atoms with Crippen molar-refractivity contribution >= 4 is 31.6 Å². The summed E-state index contributed by atoms with van der Waals surface area (Å²) in [6.45, 7) is 0. The minimum absolute atomic E-state index is 0.0219. The SMILES string of the molecule is O=C(CCCS(=O)(=O)c1ccc(F)cc1)Nc1nnc(CCS(=O)(=O)c2ccccc2)o1. The van der Waals surface area contributed by atoms with Crippen LogP contribution in [0.2, 0.25) is 0 Å². The number of rotatable bonds is 10. The number of nitrogens with zero attached hydrogens (tertiary/aromatic N) is 2. The lowest BCUT2D eigenvalue weighted by Crippen LogP contribution is -2.14.